The van der Waals surface area contributed by atoms with Gasteiger partial charge >= 0.3 is 0 Å². The minimum atomic E-state index is 0.531. The molecule has 0 unspecified atom stereocenters. The lowest BCUT2D eigenvalue weighted by molar-refractivity contribution is 0.588. The van der Waals surface area contributed by atoms with Crippen LogP contribution in [0, 0.1) is 0 Å². The number of para-hydroxylation sites is 1. The van der Waals surface area contributed by atoms with Crippen LogP contribution in [0.3, 0.4) is 0 Å². The fourth-order valence-corrected chi connectivity index (χ4v) is 1.86. The van der Waals surface area contributed by atoms with Crippen LogP contribution in [0.25, 0.3) is 0 Å². The van der Waals surface area contributed by atoms with Crippen LogP contribution in [-0.4, -0.2) is 19.6 Å². The van der Waals surface area contributed by atoms with Gasteiger partial charge < -0.3 is 10.2 Å². The highest BCUT2D eigenvalue weighted by Crippen LogP contribution is 2.19. The molecule has 0 aromatic heterocycles. The minimum Gasteiger partial charge on any atom is -0.374 e. The average Bonchev–Trinajstić information content (AvgIpc) is 2.33. The van der Waals surface area contributed by atoms with Crippen molar-refractivity contribution >= 4 is 5.69 Å². The summed E-state index contributed by atoms with van der Waals surface area (Å²) < 4.78 is 0. The van der Waals surface area contributed by atoms with E-state index in [1.807, 2.05) is 0 Å². The molecule has 1 rings (SSSR count). The van der Waals surface area contributed by atoms with Gasteiger partial charge in [-0.3, -0.25) is 0 Å². The summed E-state index contributed by atoms with van der Waals surface area (Å²) in [6.07, 6.45) is 2.50. The largest absolute Gasteiger partial charge is 0.374 e. The van der Waals surface area contributed by atoms with E-state index in [2.05, 4.69) is 62.3 Å². The molecule has 17 heavy (non-hydrogen) atoms. The average molecular weight is 234 g/mol. The van der Waals surface area contributed by atoms with Crippen molar-refractivity contribution in [3.8, 4) is 0 Å². The molecule has 0 fully saturated rings. The van der Waals surface area contributed by atoms with Crippen molar-refractivity contribution in [1.29, 1.82) is 0 Å². The van der Waals surface area contributed by atoms with Crippen LogP contribution in [0.2, 0.25) is 0 Å². The zero-order valence-corrected chi connectivity index (χ0v) is 11.7. The summed E-state index contributed by atoms with van der Waals surface area (Å²) in [5.74, 6) is 0. The van der Waals surface area contributed by atoms with Crippen LogP contribution in [-0.2, 0) is 6.54 Å². The number of benzene rings is 1. The summed E-state index contributed by atoms with van der Waals surface area (Å²) in [5, 5.41) is 3.49. The number of nitrogens with zero attached hydrogens (tertiary/aromatic N) is 1. The fourth-order valence-electron chi connectivity index (χ4n) is 1.86. The third kappa shape index (κ3) is 4.78. The highest BCUT2D eigenvalue weighted by atomic mass is 15.1. The lowest BCUT2D eigenvalue weighted by Crippen LogP contribution is -2.25. The molecule has 0 aliphatic carbocycles. The second-order valence-electron chi connectivity index (χ2n) is 4.94. The molecule has 0 radical (unpaired) electrons. The number of hydrogen-bond donors (Lipinski definition) is 1. The topological polar surface area (TPSA) is 15.3 Å². The molecule has 0 aliphatic rings. The minimum absolute atomic E-state index is 0.531. The van der Waals surface area contributed by atoms with Gasteiger partial charge in [0.05, 0.1) is 0 Å². The van der Waals surface area contributed by atoms with Crippen molar-refractivity contribution in [1.82, 2.24) is 5.32 Å². The standard InChI is InChI=1S/C15H26N2/c1-5-6-11-17(4)15-10-8-7-9-14(15)12-16-13(2)3/h7-10,13,16H,5-6,11-12H2,1-4H3. The third-order valence-corrected chi connectivity index (χ3v) is 2.95. The molecule has 0 aliphatic heterocycles. The van der Waals surface area contributed by atoms with Crippen molar-refractivity contribution in [2.45, 2.75) is 46.2 Å². The molecule has 1 aromatic carbocycles. The van der Waals surface area contributed by atoms with Gasteiger partial charge in [0, 0.05) is 31.9 Å². The van der Waals surface area contributed by atoms with Crippen molar-refractivity contribution < 1.29 is 0 Å². The first-order chi connectivity index (χ1) is 8.15. The van der Waals surface area contributed by atoms with Gasteiger partial charge in [0.2, 0.25) is 0 Å². The number of anilines is 1. The molecule has 1 aromatic rings. The van der Waals surface area contributed by atoms with Crippen LogP contribution >= 0.6 is 0 Å². The van der Waals surface area contributed by atoms with Gasteiger partial charge in [0.15, 0.2) is 0 Å². The summed E-state index contributed by atoms with van der Waals surface area (Å²) >= 11 is 0. The lowest BCUT2D eigenvalue weighted by atomic mass is 10.1. The smallest absolute Gasteiger partial charge is 0.0409 e. The van der Waals surface area contributed by atoms with Crippen molar-refractivity contribution in [2.75, 3.05) is 18.5 Å². The number of rotatable bonds is 7. The molecule has 0 saturated heterocycles. The van der Waals surface area contributed by atoms with E-state index >= 15 is 0 Å². The Balaban J connectivity index is 2.69. The maximum Gasteiger partial charge on any atom is 0.0409 e. The molecule has 96 valence electrons. The van der Waals surface area contributed by atoms with Gasteiger partial charge in [-0.25, -0.2) is 0 Å². The van der Waals surface area contributed by atoms with E-state index < -0.39 is 0 Å². The quantitative estimate of drug-likeness (QED) is 0.777. The van der Waals surface area contributed by atoms with Crippen LogP contribution in [0.4, 0.5) is 5.69 Å². The summed E-state index contributed by atoms with van der Waals surface area (Å²) in [4.78, 5) is 2.36. The van der Waals surface area contributed by atoms with Gasteiger partial charge in [0.1, 0.15) is 0 Å². The zero-order chi connectivity index (χ0) is 12.7. The lowest BCUT2D eigenvalue weighted by Gasteiger charge is -2.23. The van der Waals surface area contributed by atoms with Gasteiger partial charge in [-0.2, -0.15) is 0 Å². The van der Waals surface area contributed by atoms with E-state index in [0.717, 1.165) is 13.1 Å². The molecule has 0 amide bonds. The Kier molecular flexibility index (Phi) is 6.06. The van der Waals surface area contributed by atoms with Crippen molar-refractivity contribution in [3.63, 3.8) is 0 Å². The first kappa shape index (κ1) is 14.0. The molecule has 1 N–H and O–H groups in total. The Morgan fingerprint density at radius 1 is 1.24 bits per heavy atom. The Hall–Kier alpha value is -1.02. The maximum absolute atomic E-state index is 3.49. The zero-order valence-electron chi connectivity index (χ0n) is 11.7. The molecule has 0 saturated carbocycles. The van der Waals surface area contributed by atoms with E-state index in [4.69, 9.17) is 0 Å². The van der Waals surface area contributed by atoms with Crippen molar-refractivity contribution in [3.05, 3.63) is 29.8 Å². The maximum atomic E-state index is 3.49. The van der Waals surface area contributed by atoms with Crippen LogP contribution < -0.4 is 10.2 Å². The third-order valence-electron chi connectivity index (χ3n) is 2.95. The first-order valence-corrected chi connectivity index (χ1v) is 6.67. The molecule has 0 bridgehead atoms. The SMILES string of the molecule is CCCCN(C)c1ccccc1CNC(C)C. The van der Waals surface area contributed by atoms with E-state index in [0.29, 0.717) is 6.04 Å². The monoisotopic (exact) mass is 234 g/mol. The molecular formula is C15H26N2. The van der Waals surface area contributed by atoms with Gasteiger partial charge in [-0.1, -0.05) is 45.4 Å². The summed E-state index contributed by atoms with van der Waals surface area (Å²) in [5.41, 5.74) is 2.74. The molecule has 0 spiro atoms. The second-order valence-corrected chi connectivity index (χ2v) is 4.94. The number of nitrogens with one attached hydrogen (secondary N) is 1. The van der Waals surface area contributed by atoms with E-state index in [9.17, 15) is 0 Å². The van der Waals surface area contributed by atoms with Gasteiger partial charge in [-0.15, -0.1) is 0 Å². The Morgan fingerprint density at radius 3 is 2.59 bits per heavy atom. The Labute approximate surface area is 106 Å². The molecule has 0 atom stereocenters. The summed E-state index contributed by atoms with van der Waals surface area (Å²) in [6, 6.07) is 9.20. The second kappa shape index (κ2) is 7.33. The summed E-state index contributed by atoms with van der Waals surface area (Å²) in [7, 11) is 2.18. The number of hydrogen-bond acceptors (Lipinski definition) is 2. The van der Waals surface area contributed by atoms with Gasteiger partial charge in [0.25, 0.3) is 0 Å². The normalized spacial score (nSPS) is 10.9. The molecular weight excluding hydrogens is 208 g/mol. The predicted octanol–water partition coefficient (Wildman–Crippen LogP) is 3.42. The highest BCUT2D eigenvalue weighted by Gasteiger charge is 2.06. The predicted molar refractivity (Wildman–Crippen MR) is 76.6 cm³/mol. The first-order valence-electron chi connectivity index (χ1n) is 6.67. The molecule has 2 heteroatoms. The Bertz CT molecular complexity index is 320. The molecule has 0 heterocycles. The van der Waals surface area contributed by atoms with E-state index in [1.54, 1.807) is 0 Å². The summed E-state index contributed by atoms with van der Waals surface area (Å²) in [6.45, 7) is 8.69. The number of unbranched alkanes of at least 4 members (excludes halogenated alkanes) is 1. The van der Waals surface area contributed by atoms with Crippen LogP contribution in [0.5, 0.6) is 0 Å². The fraction of sp³-hybridized carbons (Fsp3) is 0.600. The van der Waals surface area contributed by atoms with Gasteiger partial charge in [-0.05, 0) is 18.1 Å². The van der Waals surface area contributed by atoms with E-state index in [-0.39, 0.29) is 0 Å². The van der Waals surface area contributed by atoms with Crippen LogP contribution in [0.15, 0.2) is 24.3 Å². The molecule has 2 nitrogen and oxygen atoms in total. The van der Waals surface area contributed by atoms with Crippen LogP contribution in [0.1, 0.15) is 39.2 Å². The Morgan fingerprint density at radius 2 is 1.94 bits per heavy atom. The van der Waals surface area contributed by atoms with E-state index in [1.165, 1.54) is 24.1 Å². The highest BCUT2D eigenvalue weighted by molar-refractivity contribution is 5.52. The van der Waals surface area contributed by atoms with Crippen molar-refractivity contribution in [2.24, 2.45) is 0 Å².